The predicted molar refractivity (Wildman–Crippen MR) is 148 cm³/mol. The summed E-state index contributed by atoms with van der Waals surface area (Å²) in [6.45, 7) is 0.454. The molecule has 2 saturated heterocycles. The van der Waals surface area contributed by atoms with Gasteiger partial charge in [-0.2, -0.15) is 0 Å². The van der Waals surface area contributed by atoms with Crippen LogP contribution >= 0.6 is 0 Å². The highest BCUT2D eigenvalue weighted by atomic mass is 16.8. The topological polar surface area (TPSA) is 214 Å². The second-order valence-electron chi connectivity index (χ2n) is 11.1. The molecule has 1 aromatic rings. The van der Waals surface area contributed by atoms with Gasteiger partial charge in [0.1, 0.15) is 36.6 Å². The Kier molecular flexibility index (Phi) is 10.5. The molecule has 0 unspecified atom stereocenters. The van der Waals surface area contributed by atoms with Gasteiger partial charge in [0.25, 0.3) is 0 Å². The van der Waals surface area contributed by atoms with Crippen LogP contribution in [0.2, 0.25) is 0 Å². The highest BCUT2D eigenvalue weighted by molar-refractivity contribution is 5.87. The van der Waals surface area contributed by atoms with E-state index in [0.29, 0.717) is 5.57 Å². The molecule has 4 aliphatic rings. The van der Waals surface area contributed by atoms with Crippen molar-refractivity contribution in [3.63, 3.8) is 0 Å². The van der Waals surface area contributed by atoms with Crippen molar-refractivity contribution in [3.05, 3.63) is 66.0 Å². The zero-order chi connectivity index (χ0) is 31.5. The van der Waals surface area contributed by atoms with Gasteiger partial charge in [0.05, 0.1) is 37.6 Å². The second kappa shape index (κ2) is 14.1. The standard InChI is InChI=1S/C30H38O14/c1-14-22(34)25(37)27(43-20(33)8-7-15-5-3-2-4-6-15)30(40-14)41-18-11-16(12-31)21-17(18)9-10-39-28(21)44-29-26(38)24(36)23(35)19(13-32)42-29/h2-11,14,17-19,21-32,34-38H,12-13H2,1H3/b8-7+/t14-,17-,18+,19+,21+,22-,23+,24-,25+,26+,27+,28-,29-,30-/m0/s1. The molecule has 0 bridgehead atoms. The predicted octanol–water partition coefficient (Wildman–Crippen LogP) is -1.69. The van der Waals surface area contributed by atoms with Gasteiger partial charge >= 0.3 is 5.97 Å². The lowest BCUT2D eigenvalue weighted by molar-refractivity contribution is -0.341. The van der Waals surface area contributed by atoms with Crippen molar-refractivity contribution in [2.24, 2.45) is 11.8 Å². The van der Waals surface area contributed by atoms with Crippen LogP contribution in [0.5, 0.6) is 0 Å². The molecule has 5 rings (SSSR count). The smallest absolute Gasteiger partial charge is 0.331 e. The van der Waals surface area contributed by atoms with Crippen molar-refractivity contribution in [2.75, 3.05) is 13.2 Å². The molecular formula is C30H38O14. The zero-order valence-corrected chi connectivity index (χ0v) is 23.8. The Morgan fingerprint density at radius 1 is 0.886 bits per heavy atom. The highest BCUT2D eigenvalue weighted by Crippen LogP contribution is 2.43. The average Bonchev–Trinajstić information content (AvgIpc) is 3.39. The number of aliphatic hydroxyl groups excluding tert-OH is 7. The van der Waals surface area contributed by atoms with E-state index in [9.17, 15) is 40.5 Å². The van der Waals surface area contributed by atoms with Crippen LogP contribution in [0, 0.1) is 11.8 Å². The lowest BCUT2D eigenvalue weighted by Gasteiger charge is -2.43. The van der Waals surface area contributed by atoms with Gasteiger partial charge in [0.15, 0.2) is 18.7 Å². The summed E-state index contributed by atoms with van der Waals surface area (Å²) >= 11 is 0. The van der Waals surface area contributed by atoms with E-state index >= 15 is 0 Å². The molecule has 3 heterocycles. The van der Waals surface area contributed by atoms with Crippen LogP contribution in [-0.2, 0) is 33.2 Å². The van der Waals surface area contributed by atoms with E-state index in [4.69, 9.17) is 28.4 Å². The molecule has 2 fully saturated rings. The number of esters is 1. The summed E-state index contributed by atoms with van der Waals surface area (Å²) in [5.74, 6) is -2.03. The van der Waals surface area contributed by atoms with Crippen LogP contribution in [0.25, 0.3) is 6.08 Å². The maximum Gasteiger partial charge on any atom is 0.331 e. The van der Waals surface area contributed by atoms with Crippen molar-refractivity contribution < 1.29 is 69.0 Å². The van der Waals surface area contributed by atoms with Crippen molar-refractivity contribution in [3.8, 4) is 0 Å². The normalized spacial score (nSPS) is 42.0. The number of carbonyl (C=O) groups excluding carboxylic acids is 1. The molecule has 0 saturated carbocycles. The molecule has 0 radical (unpaired) electrons. The first-order valence-corrected chi connectivity index (χ1v) is 14.3. The van der Waals surface area contributed by atoms with Gasteiger partial charge in [0, 0.05) is 12.0 Å². The fourth-order valence-electron chi connectivity index (χ4n) is 5.78. The van der Waals surface area contributed by atoms with Crippen LogP contribution in [0.4, 0.5) is 0 Å². The van der Waals surface area contributed by atoms with E-state index in [1.54, 1.807) is 36.4 Å². The largest absolute Gasteiger partial charge is 0.472 e. The van der Waals surface area contributed by atoms with Crippen molar-refractivity contribution in [1.29, 1.82) is 0 Å². The third-order valence-corrected chi connectivity index (χ3v) is 8.25. The third-order valence-electron chi connectivity index (χ3n) is 8.25. The van der Waals surface area contributed by atoms with Gasteiger partial charge in [-0.25, -0.2) is 4.79 Å². The number of carbonyl (C=O) groups is 1. The SMILES string of the molecule is C[C@@H]1O[C@@H](O[C@@H]2C=C(CO)[C@H]3[C@H](O[C@@H]4O[C@H](CO)[C@@H](O)[C@H](O)[C@H]4O)OC=C[C@H]32)[C@H](OC(=O)/C=C/c2ccccc2)[C@H](O)[C@H]1O. The lowest BCUT2D eigenvalue weighted by Crippen LogP contribution is -2.60. The summed E-state index contributed by atoms with van der Waals surface area (Å²) in [6.07, 6.45) is -8.79. The van der Waals surface area contributed by atoms with E-state index < -0.39 is 105 Å². The maximum atomic E-state index is 12.7. The summed E-state index contributed by atoms with van der Waals surface area (Å²) in [5, 5.41) is 71.7. The first-order chi connectivity index (χ1) is 21.1. The Labute approximate surface area is 253 Å². The summed E-state index contributed by atoms with van der Waals surface area (Å²) in [4.78, 5) is 12.7. The number of fused-ring (bicyclic) bond motifs is 1. The minimum absolute atomic E-state index is 0.432. The van der Waals surface area contributed by atoms with Gasteiger partial charge in [-0.3, -0.25) is 0 Å². The molecule has 14 heteroatoms. The Bertz CT molecular complexity index is 1200. The van der Waals surface area contributed by atoms with E-state index in [0.717, 1.165) is 5.56 Å². The van der Waals surface area contributed by atoms with E-state index in [-0.39, 0.29) is 0 Å². The fraction of sp³-hybridized carbons (Fsp3) is 0.567. The molecular weight excluding hydrogens is 584 g/mol. The van der Waals surface area contributed by atoms with Gasteiger partial charge in [-0.15, -0.1) is 0 Å². The number of hydrogen-bond donors (Lipinski definition) is 7. The number of aliphatic hydroxyl groups is 7. The maximum absolute atomic E-state index is 12.7. The van der Waals surface area contributed by atoms with Crippen LogP contribution < -0.4 is 0 Å². The summed E-state index contributed by atoms with van der Waals surface area (Å²) in [7, 11) is 0. The Morgan fingerprint density at radius 3 is 2.34 bits per heavy atom. The highest BCUT2D eigenvalue weighted by Gasteiger charge is 2.52. The first-order valence-electron chi connectivity index (χ1n) is 14.3. The van der Waals surface area contributed by atoms with E-state index in [1.807, 2.05) is 6.07 Å². The van der Waals surface area contributed by atoms with E-state index in [1.165, 1.54) is 25.3 Å². The van der Waals surface area contributed by atoms with Crippen molar-refractivity contribution >= 4 is 12.0 Å². The van der Waals surface area contributed by atoms with Crippen molar-refractivity contribution in [1.82, 2.24) is 0 Å². The molecule has 0 spiro atoms. The van der Waals surface area contributed by atoms with Gasteiger partial charge in [0.2, 0.25) is 6.29 Å². The fourth-order valence-corrected chi connectivity index (χ4v) is 5.78. The molecule has 0 aromatic heterocycles. The molecule has 14 atom stereocenters. The van der Waals surface area contributed by atoms with Crippen LogP contribution in [0.3, 0.4) is 0 Å². The zero-order valence-electron chi connectivity index (χ0n) is 23.8. The van der Waals surface area contributed by atoms with Crippen LogP contribution in [0.1, 0.15) is 12.5 Å². The third kappa shape index (κ3) is 6.76. The molecule has 44 heavy (non-hydrogen) atoms. The van der Waals surface area contributed by atoms with E-state index in [2.05, 4.69) is 0 Å². The molecule has 242 valence electrons. The molecule has 7 N–H and O–H groups in total. The van der Waals surface area contributed by atoms with Gasteiger partial charge in [-0.05, 0) is 30.2 Å². The molecule has 1 aromatic carbocycles. The molecule has 3 aliphatic heterocycles. The Balaban J connectivity index is 1.31. The minimum Gasteiger partial charge on any atom is -0.472 e. The summed E-state index contributed by atoms with van der Waals surface area (Å²) in [6, 6.07) is 9.02. The molecule has 14 nitrogen and oxygen atoms in total. The quantitative estimate of drug-likeness (QED) is 0.0931. The van der Waals surface area contributed by atoms with Crippen LogP contribution in [0.15, 0.2) is 60.4 Å². The number of ether oxygens (including phenoxy) is 6. The Morgan fingerprint density at radius 2 is 1.64 bits per heavy atom. The summed E-state index contributed by atoms with van der Waals surface area (Å²) < 4.78 is 34.5. The summed E-state index contributed by atoms with van der Waals surface area (Å²) in [5.41, 5.74) is 1.18. The number of hydrogen-bond acceptors (Lipinski definition) is 14. The lowest BCUT2D eigenvalue weighted by atomic mass is 9.88. The first kappa shape index (κ1) is 32.7. The van der Waals surface area contributed by atoms with Crippen LogP contribution in [-0.4, -0.2) is 129 Å². The number of benzene rings is 1. The van der Waals surface area contributed by atoms with Gasteiger partial charge < -0.3 is 64.2 Å². The minimum atomic E-state index is -1.67. The molecule has 0 amide bonds. The molecule has 1 aliphatic carbocycles. The number of rotatable bonds is 9. The van der Waals surface area contributed by atoms with Crippen molar-refractivity contribution in [2.45, 2.75) is 80.7 Å². The second-order valence-corrected chi connectivity index (χ2v) is 11.1. The Hall–Kier alpha value is -2.73. The van der Waals surface area contributed by atoms with Gasteiger partial charge in [-0.1, -0.05) is 36.4 Å². The average molecular weight is 623 g/mol. The monoisotopic (exact) mass is 622 g/mol.